The summed E-state index contributed by atoms with van der Waals surface area (Å²) in [6.45, 7) is 3.35. The Balaban J connectivity index is 1.39. The first-order chi connectivity index (χ1) is 14.0. The molecular weight excluding hydrogens is 384 g/mol. The second-order valence-corrected chi connectivity index (χ2v) is 8.32. The van der Waals surface area contributed by atoms with Gasteiger partial charge in [-0.05, 0) is 55.9 Å². The lowest BCUT2D eigenvalue weighted by Gasteiger charge is -2.32. The van der Waals surface area contributed by atoms with Crippen LogP contribution in [0.5, 0.6) is 0 Å². The molecule has 1 fully saturated rings. The summed E-state index contributed by atoms with van der Waals surface area (Å²) in [5.41, 5.74) is 2.34. The molecule has 2 amide bonds. The third-order valence-corrected chi connectivity index (χ3v) is 5.78. The van der Waals surface area contributed by atoms with Crippen LogP contribution in [-0.2, 0) is 22.4 Å². The summed E-state index contributed by atoms with van der Waals surface area (Å²) >= 11 is 5.92. The van der Waals surface area contributed by atoms with E-state index in [4.69, 9.17) is 11.6 Å². The number of nitrogens with one attached hydrogen (secondary N) is 1. The highest BCUT2D eigenvalue weighted by molar-refractivity contribution is 6.30. The van der Waals surface area contributed by atoms with Gasteiger partial charge in [-0.3, -0.25) is 9.59 Å². The van der Waals surface area contributed by atoms with Crippen molar-refractivity contribution in [3.05, 3.63) is 70.7 Å². The van der Waals surface area contributed by atoms with Crippen molar-refractivity contribution < 1.29 is 9.59 Å². The Bertz CT molecular complexity index is 799. The lowest BCUT2D eigenvalue weighted by Crippen LogP contribution is -2.45. The molecule has 4 nitrogen and oxygen atoms in total. The molecule has 0 bridgehead atoms. The highest BCUT2D eigenvalue weighted by atomic mass is 35.5. The predicted molar refractivity (Wildman–Crippen MR) is 117 cm³/mol. The maximum absolute atomic E-state index is 12.6. The van der Waals surface area contributed by atoms with Gasteiger partial charge in [0.25, 0.3) is 0 Å². The highest BCUT2D eigenvalue weighted by Crippen LogP contribution is 2.19. The number of halogens is 1. The van der Waals surface area contributed by atoms with E-state index in [0.29, 0.717) is 19.5 Å². The monoisotopic (exact) mass is 412 g/mol. The molecule has 0 aromatic heterocycles. The number of hydrogen-bond donors (Lipinski definition) is 1. The molecule has 1 saturated heterocycles. The van der Waals surface area contributed by atoms with E-state index in [1.165, 1.54) is 5.56 Å². The number of piperidine rings is 1. The fourth-order valence-electron chi connectivity index (χ4n) is 3.83. The van der Waals surface area contributed by atoms with Crippen molar-refractivity contribution in [2.45, 2.75) is 45.1 Å². The number of benzene rings is 2. The van der Waals surface area contributed by atoms with Crippen LogP contribution >= 0.6 is 11.6 Å². The Kier molecular flexibility index (Phi) is 7.70. The zero-order chi connectivity index (χ0) is 20.6. The Labute approximate surface area is 178 Å². The van der Waals surface area contributed by atoms with E-state index in [0.717, 1.165) is 36.3 Å². The number of aryl methyl sites for hydroxylation is 1. The third kappa shape index (κ3) is 6.60. The molecule has 0 unspecified atom stereocenters. The van der Waals surface area contributed by atoms with Gasteiger partial charge in [-0.15, -0.1) is 0 Å². The van der Waals surface area contributed by atoms with E-state index in [-0.39, 0.29) is 23.8 Å². The van der Waals surface area contributed by atoms with Crippen molar-refractivity contribution in [3.63, 3.8) is 0 Å². The van der Waals surface area contributed by atoms with Gasteiger partial charge in [-0.25, -0.2) is 0 Å². The molecule has 2 aromatic carbocycles. The largest absolute Gasteiger partial charge is 0.353 e. The maximum atomic E-state index is 12.6. The second kappa shape index (κ2) is 10.4. The first kappa shape index (κ1) is 21.4. The zero-order valence-corrected chi connectivity index (χ0v) is 17.7. The number of hydrogen-bond acceptors (Lipinski definition) is 2. The van der Waals surface area contributed by atoms with Crippen LogP contribution in [0.2, 0.25) is 5.02 Å². The normalized spacial score (nSPS) is 15.7. The quantitative estimate of drug-likeness (QED) is 0.738. The summed E-state index contributed by atoms with van der Waals surface area (Å²) in [4.78, 5) is 27.0. The van der Waals surface area contributed by atoms with Crippen molar-refractivity contribution in [1.29, 1.82) is 0 Å². The zero-order valence-electron chi connectivity index (χ0n) is 16.9. The van der Waals surface area contributed by atoms with Crippen LogP contribution in [0.3, 0.4) is 0 Å². The minimum atomic E-state index is -0.0131. The lowest BCUT2D eigenvalue weighted by atomic mass is 9.94. The molecular formula is C24H29ClN2O2. The number of carbonyl (C=O) groups excluding carboxylic acids is 2. The number of rotatable bonds is 7. The van der Waals surface area contributed by atoms with E-state index in [2.05, 4.69) is 17.4 Å². The second-order valence-electron chi connectivity index (χ2n) is 7.88. The Hall–Kier alpha value is -2.33. The molecule has 0 saturated carbocycles. The van der Waals surface area contributed by atoms with Gasteiger partial charge in [-0.2, -0.15) is 0 Å². The van der Waals surface area contributed by atoms with Gasteiger partial charge in [-0.1, -0.05) is 54.1 Å². The van der Waals surface area contributed by atoms with Crippen molar-refractivity contribution >= 4 is 23.4 Å². The molecule has 0 spiro atoms. The smallest absolute Gasteiger partial charge is 0.223 e. The van der Waals surface area contributed by atoms with Crippen LogP contribution < -0.4 is 5.32 Å². The summed E-state index contributed by atoms with van der Waals surface area (Å²) in [5.74, 6) is 0.271. The molecule has 1 aliphatic heterocycles. The maximum Gasteiger partial charge on any atom is 0.223 e. The van der Waals surface area contributed by atoms with Crippen LogP contribution in [0, 0.1) is 5.92 Å². The number of likely N-dealkylation sites (tertiary alicyclic amines) is 1. The van der Waals surface area contributed by atoms with Crippen molar-refractivity contribution in [3.8, 4) is 0 Å². The Morgan fingerprint density at radius 3 is 2.34 bits per heavy atom. The number of nitrogens with zero attached hydrogens (tertiary/aromatic N) is 1. The molecule has 29 heavy (non-hydrogen) atoms. The van der Waals surface area contributed by atoms with Crippen LogP contribution in [0.15, 0.2) is 54.6 Å². The molecule has 1 aliphatic rings. The van der Waals surface area contributed by atoms with Crippen LogP contribution in [0.1, 0.15) is 37.3 Å². The fraction of sp³-hybridized carbons (Fsp3) is 0.417. The average molecular weight is 413 g/mol. The van der Waals surface area contributed by atoms with Gasteiger partial charge in [0, 0.05) is 36.5 Å². The minimum absolute atomic E-state index is 0.0131. The summed E-state index contributed by atoms with van der Waals surface area (Å²) in [6.07, 6.45) is 3.54. The van der Waals surface area contributed by atoms with E-state index < -0.39 is 0 Å². The fourth-order valence-corrected chi connectivity index (χ4v) is 3.96. The molecule has 1 N–H and O–H groups in total. The summed E-state index contributed by atoms with van der Waals surface area (Å²) in [6, 6.07) is 17.9. The topological polar surface area (TPSA) is 49.4 Å². The molecule has 5 heteroatoms. The molecule has 154 valence electrons. The first-order valence-corrected chi connectivity index (χ1v) is 10.8. The summed E-state index contributed by atoms with van der Waals surface area (Å²) < 4.78 is 0. The van der Waals surface area contributed by atoms with Crippen molar-refractivity contribution in [2.75, 3.05) is 13.1 Å². The first-order valence-electron chi connectivity index (χ1n) is 10.4. The van der Waals surface area contributed by atoms with E-state index in [9.17, 15) is 9.59 Å². The van der Waals surface area contributed by atoms with Gasteiger partial charge in [0.15, 0.2) is 0 Å². The SMILES string of the molecule is C[C@H](Cc1ccc(Cl)cc1)NC(=O)C1CCN(C(=O)CCc2ccccc2)CC1. The van der Waals surface area contributed by atoms with Crippen LogP contribution in [0.4, 0.5) is 0 Å². The predicted octanol–water partition coefficient (Wildman–Crippen LogP) is 4.26. The van der Waals surface area contributed by atoms with E-state index in [1.807, 2.05) is 54.3 Å². The molecule has 0 aliphatic carbocycles. The Morgan fingerprint density at radius 2 is 1.69 bits per heavy atom. The molecule has 0 radical (unpaired) electrons. The van der Waals surface area contributed by atoms with Crippen LogP contribution in [-0.4, -0.2) is 35.8 Å². The van der Waals surface area contributed by atoms with Crippen molar-refractivity contribution in [1.82, 2.24) is 10.2 Å². The van der Waals surface area contributed by atoms with Gasteiger partial charge < -0.3 is 10.2 Å². The lowest BCUT2D eigenvalue weighted by molar-refractivity contribution is -0.135. The summed E-state index contributed by atoms with van der Waals surface area (Å²) in [5, 5.41) is 3.85. The van der Waals surface area contributed by atoms with E-state index in [1.54, 1.807) is 0 Å². The molecule has 3 rings (SSSR count). The molecule has 1 heterocycles. The van der Waals surface area contributed by atoms with Gasteiger partial charge in [0.1, 0.15) is 0 Å². The summed E-state index contributed by atoms with van der Waals surface area (Å²) in [7, 11) is 0. The number of carbonyl (C=O) groups is 2. The Morgan fingerprint density at radius 1 is 1.03 bits per heavy atom. The number of amides is 2. The standard InChI is InChI=1S/C24H29ClN2O2/c1-18(17-20-7-10-22(25)11-8-20)26-24(29)21-13-15-27(16-14-21)23(28)12-9-19-5-3-2-4-6-19/h2-8,10-11,18,21H,9,12-17H2,1H3,(H,26,29)/t18-/m1/s1. The van der Waals surface area contributed by atoms with Gasteiger partial charge >= 0.3 is 0 Å². The average Bonchev–Trinajstić information content (AvgIpc) is 2.74. The van der Waals surface area contributed by atoms with Gasteiger partial charge in [0.2, 0.25) is 11.8 Å². The minimum Gasteiger partial charge on any atom is -0.353 e. The molecule has 1 atom stereocenters. The molecule has 2 aromatic rings. The van der Waals surface area contributed by atoms with Gasteiger partial charge in [0.05, 0.1) is 0 Å². The van der Waals surface area contributed by atoms with Crippen LogP contribution in [0.25, 0.3) is 0 Å². The highest BCUT2D eigenvalue weighted by Gasteiger charge is 2.27. The van der Waals surface area contributed by atoms with Crippen molar-refractivity contribution in [2.24, 2.45) is 5.92 Å². The third-order valence-electron chi connectivity index (χ3n) is 5.53. The van der Waals surface area contributed by atoms with E-state index >= 15 is 0 Å².